The summed E-state index contributed by atoms with van der Waals surface area (Å²) in [4.78, 5) is 13.7. The normalized spacial score (nSPS) is 12.0. The molecule has 0 saturated heterocycles. The van der Waals surface area contributed by atoms with Crippen molar-refractivity contribution in [2.24, 2.45) is 0 Å². The molecule has 0 aliphatic carbocycles. The topological polar surface area (TPSA) is 61.8 Å². The lowest BCUT2D eigenvalue weighted by Crippen LogP contribution is -2.28. The molecule has 0 aliphatic heterocycles. The van der Waals surface area contributed by atoms with Gasteiger partial charge in [0, 0.05) is 39.9 Å². The number of methoxy groups -OCH3 is 1. The highest BCUT2D eigenvalue weighted by Gasteiger charge is 2.06. The van der Waals surface area contributed by atoms with Crippen LogP contribution in [0.3, 0.4) is 0 Å². The molecule has 2 N–H and O–H groups in total. The summed E-state index contributed by atoms with van der Waals surface area (Å²) in [6, 6.07) is 8.19. The van der Waals surface area contributed by atoms with Crippen LogP contribution in [-0.2, 0) is 16.0 Å². The molecule has 1 unspecified atom stereocenters. The molecular formula is C16H26N2O3. The first kappa shape index (κ1) is 17.5. The fourth-order valence-electron chi connectivity index (χ4n) is 1.96. The van der Waals surface area contributed by atoms with Gasteiger partial charge in [-0.3, -0.25) is 4.79 Å². The summed E-state index contributed by atoms with van der Waals surface area (Å²) in [7, 11) is 5.55. The third kappa shape index (κ3) is 7.11. The van der Waals surface area contributed by atoms with Gasteiger partial charge in [-0.1, -0.05) is 12.1 Å². The van der Waals surface area contributed by atoms with E-state index < -0.39 is 6.10 Å². The second kappa shape index (κ2) is 9.37. The molecule has 5 heteroatoms. The van der Waals surface area contributed by atoms with E-state index in [0.29, 0.717) is 26.0 Å². The van der Waals surface area contributed by atoms with Crippen molar-refractivity contribution in [2.75, 3.05) is 39.3 Å². The van der Waals surface area contributed by atoms with Crippen LogP contribution in [0.1, 0.15) is 18.4 Å². The SMILES string of the molecule is COCC(O)CCNC(=O)CCc1ccc(N(C)C)cc1. The van der Waals surface area contributed by atoms with Gasteiger partial charge in [-0.2, -0.15) is 0 Å². The monoisotopic (exact) mass is 294 g/mol. The minimum Gasteiger partial charge on any atom is -0.391 e. The number of benzene rings is 1. The van der Waals surface area contributed by atoms with E-state index in [2.05, 4.69) is 5.32 Å². The molecule has 1 aromatic rings. The summed E-state index contributed by atoms with van der Waals surface area (Å²) in [6.45, 7) is 0.775. The molecule has 0 radical (unpaired) electrons. The molecule has 0 aromatic heterocycles. The standard InChI is InChI=1S/C16H26N2O3/c1-18(2)14-7-4-13(5-8-14)6-9-16(20)17-11-10-15(19)12-21-3/h4-5,7-8,15,19H,6,9-12H2,1-3H3,(H,17,20). The van der Waals surface area contributed by atoms with E-state index in [1.54, 1.807) is 7.11 Å². The van der Waals surface area contributed by atoms with Crippen molar-refractivity contribution < 1.29 is 14.6 Å². The van der Waals surface area contributed by atoms with E-state index in [0.717, 1.165) is 17.7 Å². The van der Waals surface area contributed by atoms with Gasteiger partial charge in [0.05, 0.1) is 12.7 Å². The summed E-state index contributed by atoms with van der Waals surface area (Å²) in [5.41, 5.74) is 2.30. The van der Waals surface area contributed by atoms with Gasteiger partial charge in [0.2, 0.25) is 5.91 Å². The summed E-state index contributed by atoms with van der Waals surface area (Å²) in [5, 5.41) is 12.3. The molecule has 0 bridgehead atoms. The molecule has 0 fully saturated rings. The van der Waals surface area contributed by atoms with Crippen molar-refractivity contribution in [3.63, 3.8) is 0 Å². The largest absolute Gasteiger partial charge is 0.391 e. The second-order valence-corrected chi connectivity index (χ2v) is 5.31. The molecule has 0 saturated carbocycles. The smallest absolute Gasteiger partial charge is 0.220 e. The molecule has 0 spiro atoms. The minimum atomic E-state index is -0.520. The second-order valence-electron chi connectivity index (χ2n) is 5.31. The van der Waals surface area contributed by atoms with Gasteiger partial charge < -0.3 is 20.1 Å². The number of carbonyl (C=O) groups is 1. The Bertz CT molecular complexity index is 418. The van der Waals surface area contributed by atoms with E-state index in [4.69, 9.17) is 4.74 Å². The number of nitrogens with zero attached hydrogens (tertiary/aromatic N) is 1. The number of rotatable bonds is 9. The van der Waals surface area contributed by atoms with Crippen LogP contribution >= 0.6 is 0 Å². The number of aliphatic hydroxyl groups is 1. The van der Waals surface area contributed by atoms with Crippen LogP contribution in [0.2, 0.25) is 0 Å². The first-order valence-electron chi connectivity index (χ1n) is 7.23. The van der Waals surface area contributed by atoms with Crippen LogP contribution in [0.25, 0.3) is 0 Å². The third-order valence-corrected chi connectivity index (χ3v) is 3.25. The molecule has 5 nitrogen and oxygen atoms in total. The van der Waals surface area contributed by atoms with Crippen molar-refractivity contribution in [2.45, 2.75) is 25.4 Å². The lowest BCUT2D eigenvalue weighted by Gasteiger charge is -2.13. The van der Waals surface area contributed by atoms with Gasteiger partial charge >= 0.3 is 0 Å². The number of anilines is 1. The number of carbonyl (C=O) groups excluding carboxylic acids is 1. The van der Waals surface area contributed by atoms with Gasteiger partial charge in [0.1, 0.15) is 0 Å². The molecular weight excluding hydrogens is 268 g/mol. The fraction of sp³-hybridized carbons (Fsp3) is 0.562. The predicted molar refractivity (Wildman–Crippen MR) is 84.6 cm³/mol. The molecule has 1 amide bonds. The van der Waals surface area contributed by atoms with Crippen molar-refractivity contribution in [3.05, 3.63) is 29.8 Å². The van der Waals surface area contributed by atoms with Gasteiger partial charge in [0.15, 0.2) is 0 Å². The number of aryl methyl sites for hydroxylation is 1. The molecule has 0 heterocycles. The lowest BCUT2D eigenvalue weighted by atomic mass is 10.1. The summed E-state index contributed by atoms with van der Waals surface area (Å²) in [5.74, 6) is 0.0105. The van der Waals surface area contributed by atoms with Crippen LogP contribution in [-0.4, -0.2) is 51.5 Å². The van der Waals surface area contributed by atoms with Crippen LogP contribution < -0.4 is 10.2 Å². The van der Waals surface area contributed by atoms with Crippen LogP contribution in [0.15, 0.2) is 24.3 Å². The van der Waals surface area contributed by atoms with Crippen LogP contribution in [0.5, 0.6) is 0 Å². The molecule has 1 rings (SSSR count). The molecule has 1 atom stereocenters. The maximum atomic E-state index is 11.7. The molecule has 21 heavy (non-hydrogen) atoms. The Kier molecular flexibility index (Phi) is 7.79. The summed E-state index contributed by atoms with van der Waals surface area (Å²) < 4.78 is 4.83. The molecule has 0 aliphatic rings. The number of aliphatic hydroxyl groups excluding tert-OH is 1. The zero-order chi connectivity index (χ0) is 15.7. The van der Waals surface area contributed by atoms with Crippen molar-refractivity contribution in [1.29, 1.82) is 0 Å². The fourth-order valence-corrected chi connectivity index (χ4v) is 1.96. The van der Waals surface area contributed by atoms with Gasteiger partial charge in [0.25, 0.3) is 0 Å². The predicted octanol–water partition coefficient (Wildman–Crippen LogP) is 1.20. The highest BCUT2D eigenvalue weighted by molar-refractivity contribution is 5.76. The average molecular weight is 294 g/mol. The summed E-state index contributed by atoms with van der Waals surface area (Å²) >= 11 is 0. The maximum absolute atomic E-state index is 11.7. The Morgan fingerprint density at radius 1 is 1.33 bits per heavy atom. The molecule has 118 valence electrons. The number of nitrogens with one attached hydrogen (secondary N) is 1. The minimum absolute atomic E-state index is 0.0105. The first-order valence-corrected chi connectivity index (χ1v) is 7.23. The Labute approximate surface area is 126 Å². The van der Waals surface area contributed by atoms with Crippen LogP contribution in [0, 0.1) is 0 Å². The Morgan fingerprint density at radius 3 is 2.57 bits per heavy atom. The van der Waals surface area contributed by atoms with E-state index in [1.165, 1.54) is 0 Å². The highest BCUT2D eigenvalue weighted by atomic mass is 16.5. The Balaban J connectivity index is 2.23. The average Bonchev–Trinajstić information content (AvgIpc) is 2.46. The Morgan fingerprint density at radius 2 is 2.00 bits per heavy atom. The van der Waals surface area contributed by atoms with E-state index in [9.17, 15) is 9.90 Å². The highest BCUT2D eigenvalue weighted by Crippen LogP contribution is 2.13. The van der Waals surface area contributed by atoms with Crippen molar-refractivity contribution in [3.8, 4) is 0 Å². The number of hydrogen-bond donors (Lipinski definition) is 2. The van der Waals surface area contributed by atoms with Crippen molar-refractivity contribution in [1.82, 2.24) is 5.32 Å². The van der Waals surface area contributed by atoms with E-state index in [-0.39, 0.29) is 5.91 Å². The number of hydrogen-bond acceptors (Lipinski definition) is 4. The van der Waals surface area contributed by atoms with Gasteiger partial charge in [-0.25, -0.2) is 0 Å². The Hall–Kier alpha value is -1.59. The zero-order valence-corrected chi connectivity index (χ0v) is 13.1. The quantitative estimate of drug-likeness (QED) is 0.718. The first-order chi connectivity index (χ1) is 10.0. The zero-order valence-electron chi connectivity index (χ0n) is 13.1. The van der Waals surface area contributed by atoms with Crippen molar-refractivity contribution >= 4 is 11.6 Å². The van der Waals surface area contributed by atoms with E-state index in [1.807, 2.05) is 43.3 Å². The van der Waals surface area contributed by atoms with Gasteiger partial charge in [-0.05, 0) is 30.5 Å². The third-order valence-electron chi connectivity index (χ3n) is 3.25. The summed E-state index contributed by atoms with van der Waals surface area (Å²) in [6.07, 6.45) is 1.17. The lowest BCUT2D eigenvalue weighted by molar-refractivity contribution is -0.121. The van der Waals surface area contributed by atoms with E-state index >= 15 is 0 Å². The van der Waals surface area contributed by atoms with Gasteiger partial charge in [-0.15, -0.1) is 0 Å². The maximum Gasteiger partial charge on any atom is 0.220 e. The number of ether oxygens (including phenoxy) is 1. The van der Waals surface area contributed by atoms with Crippen LogP contribution in [0.4, 0.5) is 5.69 Å². The molecule has 1 aromatic carbocycles. The number of amides is 1.